The van der Waals surface area contributed by atoms with Crippen LogP contribution in [0.5, 0.6) is 0 Å². The zero-order valence-corrected chi connectivity index (χ0v) is 13.7. The van der Waals surface area contributed by atoms with Gasteiger partial charge in [0.05, 0.1) is 10.5 Å². The highest BCUT2D eigenvalue weighted by molar-refractivity contribution is 7.89. The fourth-order valence-electron chi connectivity index (χ4n) is 2.66. The Morgan fingerprint density at radius 3 is 2.57 bits per heavy atom. The predicted octanol–water partition coefficient (Wildman–Crippen LogP) is 1.60. The number of benzene rings is 1. The van der Waals surface area contributed by atoms with E-state index in [1.165, 1.54) is 4.31 Å². The summed E-state index contributed by atoms with van der Waals surface area (Å²) in [5.41, 5.74) is 0.675. The van der Waals surface area contributed by atoms with Gasteiger partial charge in [0, 0.05) is 26.7 Å². The van der Waals surface area contributed by atoms with Crippen LogP contribution in [-0.4, -0.2) is 45.6 Å². The number of nitrogens with one attached hydrogen (secondary N) is 1. The number of piperidine rings is 1. The third-order valence-corrected chi connectivity index (χ3v) is 5.92. The van der Waals surface area contributed by atoms with Crippen LogP contribution in [0.4, 0.5) is 0 Å². The Labute approximate surface area is 127 Å². The van der Waals surface area contributed by atoms with E-state index in [1.54, 1.807) is 19.2 Å². The van der Waals surface area contributed by atoms with Crippen molar-refractivity contribution in [2.75, 3.05) is 27.2 Å². The van der Waals surface area contributed by atoms with Gasteiger partial charge in [0.25, 0.3) is 0 Å². The molecular formula is C15H24N2O3S. The monoisotopic (exact) mass is 312 g/mol. The van der Waals surface area contributed by atoms with Gasteiger partial charge >= 0.3 is 0 Å². The topological polar surface area (TPSA) is 58.6 Å². The molecule has 6 heteroatoms. The molecule has 1 aliphatic heterocycles. The Bertz CT molecular complexity index is 571. The van der Waals surface area contributed by atoms with Crippen LogP contribution in [-0.2, 0) is 21.3 Å². The van der Waals surface area contributed by atoms with Crippen molar-refractivity contribution in [2.45, 2.75) is 36.8 Å². The van der Waals surface area contributed by atoms with Crippen molar-refractivity contribution in [1.29, 1.82) is 0 Å². The number of hydrogen-bond acceptors (Lipinski definition) is 4. The van der Waals surface area contributed by atoms with Crippen LogP contribution < -0.4 is 5.32 Å². The van der Waals surface area contributed by atoms with Crippen molar-refractivity contribution in [3.63, 3.8) is 0 Å². The highest BCUT2D eigenvalue weighted by Crippen LogP contribution is 2.28. The Kier molecular flexibility index (Phi) is 5.03. The molecule has 1 saturated heterocycles. The minimum absolute atomic E-state index is 0.350. The first-order valence-corrected chi connectivity index (χ1v) is 8.64. The zero-order valence-electron chi connectivity index (χ0n) is 12.9. The minimum atomic E-state index is -3.44. The van der Waals surface area contributed by atoms with Gasteiger partial charge in [-0.05, 0) is 44.5 Å². The summed E-state index contributed by atoms with van der Waals surface area (Å²) in [6, 6.07) is 7.06. The summed E-state index contributed by atoms with van der Waals surface area (Å²) in [7, 11) is 0.0646. The van der Waals surface area contributed by atoms with E-state index in [0.717, 1.165) is 24.9 Å². The third-order valence-electron chi connectivity index (χ3n) is 4.06. The van der Waals surface area contributed by atoms with E-state index in [9.17, 15) is 8.42 Å². The molecule has 1 aliphatic rings. The Hall–Kier alpha value is -0.950. The summed E-state index contributed by atoms with van der Waals surface area (Å²) in [5.74, 6) is 0. The van der Waals surface area contributed by atoms with Crippen molar-refractivity contribution in [2.24, 2.45) is 0 Å². The number of sulfonamides is 1. The lowest BCUT2D eigenvalue weighted by Gasteiger charge is -2.38. The largest absolute Gasteiger partial charge is 0.377 e. The molecule has 0 aromatic heterocycles. The molecule has 1 aromatic carbocycles. The maximum Gasteiger partial charge on any atom is 0.243 e. The molecule has 1 aromatic rings. The number of methoxy groups -OCH3 is 1. The molecule has 5 nitrogen and oxygen atoms in total. The van der Waals surface area contributed by atoms with E-state index in [0.29, 0.717) is 18.0 Å². The van der Waals surface area contributed by atoms with Crippen molar-refractivity contribution >= 4 is 10.0 Å². The molecule has 0 amide bonds. The summed E-state index contributed by atoms with van der Waals surface area (Å²) in [4.78, 5) is 0.350. The van der Waals surface area contributed by atoms with Crippen LogP contribution >= 0.6 is 0 Å². The molecule has 21 heavy (non-hydrogen) atoms. The van der Waals surface area contributed by atoms with Gasteiger partial charge in [-0.25, -0.2) is 8.42 Å². The van der Waals surface area contributed by atoms with Gasteiger partial charge in [-0.3, -0.25) is 0 Å². The van der Waals surface area contributed by atoms with Crippen LogP contribution in [0.2, 0.25) is 0 Å². The van der Waals surface area contributed by atoms with E-state index in [4.69, 9.17) is 4.74 Å². The lowest BCUT2D eigenvalue weighted by atomic mass is 9.96. The molecule has 1 heterocycles. The number of ether oxygens (including phenoxy) is 1. The van der Waals surface area contributed by atoms with Gasteiger partial charge in [0.1, 0.15) is 0 Å². The van der Waals surface area contributed by atoms with Crippen LogP contribution in [0.15, 0.2) is 29.2 Å². The molecule has 2 rings (SSSR count). The SMILES string of the molecule is CNCc1ccc(S(=O)(=O)N2CCCC(C)(OC)C2)cc1. The molecule has 1 unspecified atom stereocenters. The minimum Gasteiger partial charge on any atom is -0.377 e. The Morgan fingerprint density at radius 2 is 2.00 bits per heavy atom. The quantitative estimate of drug-likeness (QED) is 0.897. The summed E-state index contributed by atoms with van der Waals surface area (Å²) >= 11 is 0. The first-order valence-electron chi connectivity index (χ1n) is 7.20. The van der Waals surface area contributed by atoms with E-state index in [1.807, 2.05) is 26.1 Å². The standard InChI is InChI=1S/C15H24N2O3S/c1-15(20-3)9-4-10-17(12-15)21(18,19)14-7-5-13(6-8-14)11-16-2/h5-8,16H,4,9-12H2,1-3H3. The summed E-state index contributed by atoms with van der Waals surface area (Å²) in [5, 5.41) is 3.05. The van der Waals surface area contributed by atoms with Gasteiger partial charge in [0.2, 0.25) is 10.0 Å². The normalized spacial score (nSPS) is 24.1. The second-order valence-corrected chi connectivity index (χ2v) is 7.71. The van der Waals surface area contributed by atoms with Crippen molar-refractivity contribution in [3.8, 4) is 0 Å². The van der Waals surface area contributed by atoms with Crippen LogP contribution in [0.25, 0.3) is 0 Å². The number of nitrogens with zero attached hydrogens (tertiary/aromatic N) is 1. The highest BCUT2D eigenvalue weighted by atomic mass is 32.2. The van der Waals surface area contributed by atoms with Crippen molar-refractivity contribution < 1.29 is 13.2 Å². The molecule has 1 atom stereocenters. The van der Waals surface area contributed by atoms with Gasteiger partial charge in [0.15, 0.2) is 0 Å². The fraction of sp³-hybridized carbons (Fsp3) is 0.600. The van der Waals surface area contributed by atoms with Gasteiger partial charge in [-0.1, -0.05) is 12.1 Å². The van der Waals surface area contributed by atoms with E-state index >= 15 is 0 Å². The predicted molar refractivity (Wildman–Crippen MR) is 82.6 cm³/mol. The van der Waals surface area contributed by atoms with Gasteiger partial charge in [-0.15, -0.1) is 0 Å². The van der Waals surface area contributed by atoms with Crippen molar-refractivity contribution in [1.82, 2.24) is 9.62 Å². The van der Waals surface area contributed by atoms with Crippen LogP contribution in [0, 0.1) is 0 Å². The molecule has 0 spiro atoms. The molecule has 118 valence electrons. The molecule has 1 N–H and O–H groups in total. The van der Waals surface area contributed by atoms with E-state index in [2.05, 4.69) is 5.32 Å². The Balaban J connectivity index is 2.21. The summed E-state index contributed by atoms with van der Waals surface area (Å²) in [6.07, 6.45) is 1.71. The first-order chi connectivity index (χ1) is 9.91. The molecule has 0 aliphatic carbocycles. The lowest BCUT2D eigenvalue weighted by molar-refractivity contribution is -0.0319. The smallest absolute Gasteiger partial charge is 0.243 e. The molecule has 0 saturated carbocycles. The highest BCUT2D eigenvalue weighted by Gasteiger charge is 2.36. The number of rotatable bonds is 5. The van der Waals surface area contributed by atoms with E-state index in [-0.39, 0.29) is 0 Å². The maximum atomic E-state index is 12.7. The van der Waals surface area contributed by atoms with Gasteiger partial charge < -0.3 is 10.1 Å². The van der Waals surface area contributed by atoms with E-state index < -0.39 is 15.6 Å². The molecule has 1 fully saturated rings. The second-order valence-electron chi connectivity index (χ2n) is 5.77. The maximum absolute atomic E-state index is 12.7. The van der Waals surface area contributed by atoms with Crippen LogP contribution in [0.3, 0.4) is 0 Å². The summed E-state index contributed by atoms with van der Waals surface area (Å²) in [6.45, 7) is 3.65. The second kappa shape index (κ2) is 6.44. The summed E-state index contributed by atoms with van der Waals surface area (Å²) < 4.78 is 32.4. The Morgan fingerprint density at radius 1 is 1.33 bits per heavy atom. The fourth-order valence-corrected chi connectivity index (χ4v) is 4.26. The zero-order chi connectivity index (χ0) is 15.5. The first kappa shape index (κ1) is 16.4. The average molecular weight is 312 g/mol. The molecular weight excluding hydrogens is 288 g/mol. The lowest BCUT2D eigenvalue weighted by Crippen LogP contribution is -2.49. The third kappa shape index (κ3) is 3.63. The molecule has 0 bridgehead atoms. The van der Waals surface area contributed by atoms with Crippen molar-refractivity contribution in [3.05, 3.63) is 29.8 Å². The number of hydrogen-bond donors (Lipinski definition) is 1. The average Bonchev–Trinajstić information content (AvgIpc) is 2.48. The van der Waals surface area contributed by atoms with Crippen LogP contribution in [0.1, 0.15) is 25.3 Å². The molecule has 0 radical (unpaired) electrons. The van der Waals surface area contributed by atoms with Gasteiger partial charge in [-0.2, -0.15) is 4.31 Å².